The van der Waals surface area contributed by atoms with Gasteiger partial charge in [-0.15, -0.1) is 0 Å². The topological polar surface area (TPSA) is 37.3 Å². The molecular formula is C27H21BrO2. The van der Waals surface area contributed by atoms with E-state index in [1.54, 1.807) is 18.2 Å². The lowest BCUT2D eigenvalue weighted by atomic mass is 9.71. The van der Waals surface area contributed by atoms with Crippen molar-refractivity contribution in [3.63, 3.8) is 0 Å². The van der Waals surface area contributed by atoms with Crippen molar-refractivity contribution in [2.45, 2.75) is 11.8 Å². The van der Waals surface area contributed by atoms with Crippen molar-refractivity contribution in [2.75, 3.05) is 0 Å². The summed E-state index contributed by atoms with van der Waals surface area (Å²) in [5.74, 6) is 0.198. The highest BCUT2D eigenvalue weighted by atomic mass is 79.9. The van der Waals surface area contributed by atoms with Gasteiger partial charge in [0.15, 0.2) is 5.78 Å². The predicted octanol–water partition coefficient (Wildman–Crippen LogP) is 6.88. The van der Waals surface area contributed by atoms with Crippen molar-refractivity contribution in [1.29, 1.82) is 0 Å². The number of halogens is 1. The minimum Gasteiger partial charge on any atom is -0.508 e. The fourth-order valence-corrected chi connectivity index (χ4v) is 4.00. The van der Waals surface area contributed by atoms with E-state index in [9.17, 15) is 9.90 Å². The van der Waals surface area contributed by atoms with Gasteiger partial charge in [0.05, 0.1) is 0 Å². The second-order valence-corrected chi connectivity index (χ2v) is 8.30. The van der Waals surface area contributed by atoms with Crippen LogP contribution in [0.4, 0.5) is 0 Å². The fraction of sp³-hybridized carbons (Fsp3) is 0.0741. The number of rotatable bonds is 5. The average Bonchev–Trinajstić information content (AvgIpc) is 2.79. The van der Waals surface area contributed by atoms with Crippen LogP contribution in [0.15, 0.2) is 114 Å². The predicted molar refractivity (Wildman–Crippen MR) is 126 cm³/mol. The SMILES string of the molecule is O=C(C=CC1(c2ccc(O)cc2)C=CC=C(c2ccc(Br)cc2)C1)c1ccccc1. The lowest BCUT2D eigenvalue weighted by molar-refractivity contribution is 0.104. The van der Waals surface area contributed by atoms with Crippen LogP contribution in [-0.2, 0) is 5.41 Å². The van der Waals surface area contributed by atoms with Gasteiger partial charge in [-0.1, -0.05) is 94.8 Å². The molecule has 0 aliphatic heterocycles. The number of benzene rings is 3. The van der Waals surface area contributed by atoms with E-state index in [2.05, 4.69) is 40.2 Å². The van der Waals surface area contributed by atoms with Crippen LogP contribution in [-0.4, -0.2) is 10.9 Å². The molecule has 2 nitrogen and oxygen atoms in total. The highest BCUT2D eigenvalue weighted by molar-refractivity contribution is 9.10. The molecular weight excluding hydrogens is 436 g/mol. The number of aromatic hydroxyl groups is 1. The maximum absolute atomic E-state index is 12.7. The molecule has 0 radical (unpaired) electrons. The largest absolute Gasteiger partial charge is 0.508 e. The Hall–Kier alpha value is -3.17. The van der Waals surface area contributed by atoms with Crippen molar-refractivity contribution < 1.29 is 9.90 Å². The van der Waals surface area contributed by atoms with E-state index in [0.29, 0.717) is 12.0 Å². The Morgan fingerprint density at radius 3 is 2.33 bits per heavy atom. The second kappa shape index (κ2) is 8.68. The number of hydrogen-bond acceptors (Lipinski definition) is 2. The van der Waals surface area contributed by atoms with E-state index in [-0.39, 0.29) is 11.5 Å². The zero-order valence-electron chi connectivity index (χ0n) is 16.3. The Kier molecular flexibility index (Phi) is 5.82. The number of phenols is 1. The lowest BCUT2D eigenvalue weighted by Gasteiger charge is -2.32. The van der Waals surface area contributed by atoms with Crippen molar-refractivity contribution in [1.82, 2.24) is 0 Å². The van der Waals surface area contributed by atoms with E-state index in [1.165, 1.54) is 5.57 Å². The molecule has 0 amide bonds. The first-order valence-corrected chi connectivity index (χ1v) is 10.6. The number of hydrogen-bond donors (Lipinski definition) is 1. The summed E-state index contributed by atoms with van der Waals surface area (Å²) in [4.78, 5) is 12.7. The third kappa shape index (κ3) is 4.37. The smallest absolute Gasteiger partial charge is 0.185 e. The molecule has 0 saturated heterocycles. The van der Waals surface area contributed by atoms with E-state index >= 15 is 0 Å². The van der Waals surface area contributed by atoms with E-state index in [4.69, 9.17) is 0 Å². The first-order chi connectivity index (χ1) is 14.6. The Bertz CT molecular complexity index is 1120. The van der Waals surface area contributed by atoms with Crippen LogP contribution in [0.1, 0.15) is 27.9 Å². The molecule has 30 heavy (non-hydrogen) atoms. The Labute approximate surface area is 185 Å². The van der Waals surface area contributed by atoms with Crippen LogP contribution in [0, 0.1) is 0 Å². The van der Waals surface area contributed by atoms with Gasteiger partial charge in [-0.25, -0.2) is 0 Å². The molecule has 0 saturated carbocycles. The lowest BCUT2D eigenvalue weighted by Crippen LogP contribution is -2.23. The van der Waals surface area contributed by atoms with Crippen LogP contribution < -0.4 is 0 Å². The fourth-order valence-electron chi connectivity index (χ4n) is 3.73. The molecule has 0 bridgehead atoms. The molecule has 148 valence electrons. The van der Waals surface area contributed by atoms with Crippen LogP contribution >= 0.6 is 15.9 Å². The summed E-state index contributed by atoms with van der Waals surface area (Å²) in [6.45, 7) is 0. The third-order valence-electron chi connectivity index (χ3n) is 5.38. The molecule has 0 heterocycles. The highest BCUT2D eigenvalue weighted by Gasteiger charge is 2.30. The minimum atomic E-state index is -0.477. The number of carbonyl (C=O) groups is 1. The second-order valence-electron chi connectivity index (χ2n) is 7.39. The third-order valence-corrected chi connectivity index (χ3v) is 5.91. The molecule has 1 aliphatic carbocycles. The van der Waals surface area contributed by atoms with E-state index in [0.717, 1.165) is 15.6 Å². The van der Waals surface area contributed by atoms with Crippen LogP contribution in [0.5, 0.6) is 5.75 Å². The van der Waals surface area contributed by atoms with Gasteiger partial charge in [-0.05, 0) is 53.5 Å². The van der Waals surface area contributed by atoms with Crippen LogP contribution in [0.3, 0.4) is 0 Å². The maximum atomic E-state index is 12.7. The zero-order valence-corrected chi connectivity index (χ0v) is 17.9. The molecule has 1 atom stereocenters. The van der Waals surface area contributed by atoms with Gasteiger partial charge < -0.3 is 5.11 Å². The molecule has 1 aliphatic rings. The Balaban J connectivity index is 1.72. The van der Waals surface area contributed by atoms with E-state index in [1.807, 2.05) is 66.7 Å². The minimum absolute atomic E-state index is 0.0260. The first kappa shape index (κ1) is 20.1. The molecule has 3 aromatic rings. The molecule has 3 aromatic carbocycles. The van der Waals surface area contributed by atoms with Gasteiger partial charge in [0.1, 0.15) is 5.75 Å². The average molecular weight is 457 g/mol. The zero-order chi connectivity index (χ0) is 21.0. The van der Waals surface area contributed by atoms with Gasteiger partial charge in [-0.2, -0.15) is 0 Å². The quantitative estimate of drug-likeness (QED) is 0.335. The van der Waals surface area contributed by atoms with Crippen LogP contribution in [0.25, 0.3) is 5.57 Å². The van der Waals surface area contributed by atoms with Crippen molar-refractivity contribution in [3.8, 4) is 5.75 Å². The van der Waals surface area contributed by atoms with Gasteiger partial charge in [0.2, 0.25) is 0 Å². The molecule has 0 fully saturated rings. The summed E-state index contributed by atoms with van der Waals surface area (Å²) in [5, 5.41) is 9.76. The number of allylic oxidation sites excluding steroid dienone is 6. The van der Waals surface area contributed by atoms with E-state index < -0.39 is 5.41 Å². The van der Waals surface area contributed by atoms with Crippen LogP contribution in [0.2, 0.25) is 0 Å². The van der Waals surface area contributed by atoms with Gasteiger partial charge >= 0.3 is 0 Å². The summed E-state index contributed by atoms with van der Waals surface area (Å²) in [6, 6.07) is 24.7. The summed E-state index contributed by atoms with van der Waals surface area (Å²) >= 11 is 3.49. The van der Waals surface area contributed by atoms with Crippen molar-refractivity contribution >= 4 is 27.3 Å². The summed E-state index contributed by atoms with van der Waals surface area (Å²) in [5.41, 5.74) is 3.55. The van der Waals surface area contributed by atoms with Gasteiger partial charge in [0.25, 0.3) is 0 Å². The van der Waals surface area contributed by atoms with Gasteiger partial charge in [-0.3, -0.25) is 4.79 Å². The first-order valence-electron chi connectivity index (χ1n) is 9.78. The molecule has 3 heteroatoms. The monoisotopic (exact) mass is 456 g/mol. The highest BCUT2D eigenvalue weighted by Crippen LogP contribution is 2.41. The normalized spacial score (nSPS) is 18.4. The molecule has 0 aromatic heterocycles. The number of carbonyl (C=O) groups excluding carboxylic acids is 1. The standard InChI is InChI=1S/C27H21BrO2/c28-24-12-8-20(9-13-24)22-7-4-17-27(19-22,23-10-14-25(29)15-11-23)18-16-26(30)21-5-2-1-3-6-21/h1-18,29H,19H2. The number of phenolic OH excluding ortho intramolecular Hbond substituents is 1. The summed E-state index contributed by atoms with van der Waals surface area (Å²) in [7, 11) is 0. The maximum Gasteiger partial charge on any atom is 0.185 e. The molecule has 1 unspecified atom stereocenters. The summed E-state index contributed by atoms with van der Waals surface area (Å²) < 4.78 is 1.04. The Morgan fingerprint density at radius 1 is 0.933 bits per heavy atom. The Morgan fingerprint density at radius 2 is 1.63 bits per heavy atom. The number of ketones is 1. The molecule has 1 N–H and O–H groups in total. The summed E-state index contributed by atoms with van der Waals surface area (Å²) in [6.07, 6.45) is 10.7. The van der Waals surface area contributed by atoms with Crippen molar-refractivity contribution in [3.05, 3.63) is 130 Å². The van der Waals surface area contributed by atoms with Gasteiger partial charge in [0, 0.05) is 15.5 Å². The molecule has 0 spiro atoms. The molecule has 4 rings (SSSR count). The van der Waals surface area contributed by atoms with Crippen molar-refractivity contribution in [2.24, 2.45) is 0 Å².